The monoisotopic (exact) mass is 516 g/mol. The number of allylic oxidation sites excluding steroid dienone is 1. The van der Waals surface area contributed by atoms with Crippen LogP contribution in [0.2, 0.25) is 0 Å². The second-order valence-electron chi connectivity index (χ2n) is 8.97. The fraction of sp³-hybridized carbons (Fsp3) is 0.407. The topological polar surface area (TPSA) is 81.0 Å². The molecule has 0 radical (unpaired) electrons. The zero-order chi connectivity index (χ0) is 27.0. The van der Waals surface area contributed by atoms with Gasteiger partial charge >= 0.3 is 12.1 Å². The van der Waals surface area contributed by atoms with E-state index < -0.39 is 23.3 Å². The number of carbonyl (C=O) groups is 1. The number of benzene rings is 1. The fourth-order valence-electron chi connectivity index (χ4n) is 4.60. The van der Waals surface area contributed by atoms with Crippen molar-refractivity contribution in [2.75, 3.05) is 37.8 Å². The van der Waals surface area contributed by atoms with Crippen LogP contribution >= 0.6 is 0 Å². The average molecular weight is 517 g/mol. The van der Waals surface area contributed by atoms with Gasteiger partial charge in [0.15, 0.2) is 0 Å². The molecule has 0 bridgehead atoms. The summed E-state index contributed by atoms with van der Waals surface area (Å²) in [7, 11) is 1.45. The zero-order valence-electron chi connectivity index (χ0n) is 20.7. The first-order chi connectivity index (χ1) is 17.5. The van der Waals surface area contributed by atoms with Crippen molar-refractivity contribution >= 4 is 17.2 Å². The lowest BCUT2D eigenvalue weighted by Crippen LogP contribution is -2.41. The molecule has 2 heterocycles. The first-order valence-electron chi connectivity index (χ1n) is 11.8. The van der Waals surface area contributed by atoms with Crippen molar-refractivity contribution in [3.8, 4) is 11.8 Å². The number of alkyl halides is 3. The minimum Gasteiger partial charge on any atom is -0.462 e. The Morgan fingerprint density at radius 2 is 1.95 bits per heavy atom. The number of nitrogens with zero attached hydrogens (tertiary/aromatic N) is 2. The number of hydrogen-bond donors (Lipinski definition) is 1. The number of pyridine rings is 1. The maximum absolute atomic E-state index is 14.3. The molecular formula is C27H27F3N2O5. The Balaban J connectivity index is 1.85. The number of ether oxygens (including phenoxy) is 2. The number of aryl methyl sites for hydroxylation is 1. The number of hydrogen-bond acceptors (Lipinski definition) is 6. The van der Waals surface area contributed by atoms with Crippen molar-refractivity contribution in [3.05, 3.63) is 68.6 Å². The molecule has 37 heavy (non-hydrogen) atoms. The Hall–Kier alpha value is -3.55. The molecule has 1 saturated heterocycles. The Labute approximate surface area is 212 Å². The van der Waals surface area contributed by atoms with Crippen molar-refractivity contribution < 1.29 is 32.5 Å². The standard InChI is InChI=1S/C27H27F3N2O5/c1-4-37-25(34)22-17(2)14-21-23(22)18(16-31(3)24(21)33)8-9-26(35,27(28,29)30)19-6-5-7-20(15-19)32-10-12-36-13-11-32/h5-7,15-16,35H,4,10-14H2,1-3H3. The van der Waals surface area contributed by atoms with E-state index in [2.05, 4.69) is 5.92 Å². The van der Waals surface area contributed by atoms with Crippen molar-refractivity contribution in [1.29, 1.82) is 0 Å². The molecule has 4 rings (SSSR count). The molecular weight excluding hydrogens is 489 g/mol. The van der Waals surface area contributed by atoms with E-state index in [1.54, 1.807) is 19.9 Å². The first kappa shape index (κ1) is 26.5. The minimum atomic E-state index is -5.14. The van der Waals surface area contributed by atoms with Crippen LogP contribution in [0.1, 0.15) is 36.1 Å². The van der Waals surface area contributed by atoms with Gasteiger partial charge in [0.05, 0.1) is 25.4 Å². The molecule has 196 valence electrons. The summed E-state index contributed by atoms with van der Waals surface area (Å²) < 4.78 is 54.6. The number of aromatic nitrogens is 1. The average Bonchev–Trinajstić information content (AvgIpc) is 3.22. The summed E-state index contributed by atoms with van der Waals surface area (Å²) in [5, 5.41) is 11.0. The highest BCUT2D eigenvalue weighted by Crippen LogP contribution is 2.40. The number of carbonyl (C=O) groups excluding carboxylic acids is 1. The second-order valence-corrected chi connectivity index (χ2v) is 8.97. The third-order valence-electron chi connectivity index (χ3n) is 6.50. The van der Waals surface area contributed by atoms with Gasteiger partial charge < -0.3 is 24.0 Å². The Morgan fingerprint density at radius 3 is 2.59 bits per heavy atom. The highest BCUT2D eigenvalue weighted by Gasteiger charge is 2.54. The number of anilines is 1. The molecule has 10 heteroatoms. The quantitative estimate of drug-likeness (QED) is 0.497. The van der Waals surface area contributed by atoms with Crippen LogP contribution in [-0.2, 0) is 33.3 Å². The summed E-state index contributed by atoms with van der Waals surface area (Å²) >= 11 is 0. The molecule has 1 N–H and O–H groups in total. The van der Waals surface area contributed by atoms with E-state index in [4.69, 9.17) is 9.47 Å². The van der Waals surface area contributed by atoms with Gasteiger partial charge in [-0.2, -0.15) is 13.2 Å². The molecule has 1 atom stereocenters. The largest absolute Gasteiger partial charge is 0.462 e. The van der Waals surface area contributed by atoms with Crippen LogP contribution < -0.4 is 10.5 Å². The van der Waals surface area contributed by atoms with Gasteiger partial charge in [-0.1, -0.05) is 23.6 Å². The number of rotatable bonds is 4. The number of morpholine rings is 1. The van der Waals surface area contributed by atoms with Gasteiger partial charge in [-0.05, 0) is 31.9 Å². The van der Waals surface area contributed by atoms with Crippen LogP contribution in [-0.4, -0.2) is 54.7 Å². The van der Waals surface area contributed by atoms with Gasteiger partial charge in [-0.25, -0.2) is 4.79 Å². The lowest BCUT2D eigenvalue weighted by Gasteiger charge is -2.31. The van der Waals surface area contributed by atoms with Crippen molar-refractivity contribution in [2.24, 2.45) is 7.05 Å². The van der Waals surface area contributed by atoms with Crippen molar-refractivity contribution in [3.63, 3.8) is 0 Å². The Bertz CT molecular complexity index is 1380. The van der Waals surface area contributed by atoms with Gasteiger partial charge in [-0.15, -0.1) is 0 Å². The predicted octanol–water partition coefficient (Wildman–Crippen LogP) is 2.92. The molecule has 7 nitrogen and oxygen atoms in total. The fourth-order valence-corrected chi connectivity index (χ4v) is 4.60. The summed E-state index contributed by atoms with van der Waals surface area (Å²) in [6, 6.07) is 5.55. The van der Waals surface area contributed by atoms with Crippen LogP contribution in [0.3, 0.4) is 0 Å². The predicted molar refractivity (Wildman–Crippen MR) is 131 cm³/mol. The van der Waals surface area contributed by atoms with Gasteiger partial charge in [0.1, 0.15) is 0 Å². The summed E-state index contributed by atoms with van der Waals surface area (Å²) in [5.74, 6) is 3.80. The van der Waals surface area contributed by atoms with E-state index in [0.29, 0.717) is 37.6 Å². The van der Waals surface area contributed by atoms with Crippen LogP contribution in [0.5, 0.6) is 0 Å². The first-order valence-corrected chi connectivity index (χ1v) is 11.8. The Morgan fingerprint density at radius 1 is 1.24 bits per heavy atom. The SMILES string of the molecule is CCOC(=O)C1=C(C)Cc2c1c(C#CC(O)(c1cccc(N3CCOCC3)c1)C(F)(F)F)cn(C)c2=O. The van der Waals surface area contributed by atoms with E-state index in [0.717, 1.165) is 0 Å². The van der Waals surface area contributed by atoms with Crippen LogP contribution in [0, 0.1) is 11.8 Å². The highest BCUT2D eigenvalue weighted by atomic mass is 19.4. The van der Waals surface area contributed by atoms with E-state index in [1.165, 1.54) is 36.0 Å². The van der Waals surface area contributed by atoms with E-state index >= 15 is 0 Å². The number of halogens is 3. The Kier molecular flexibility index (Phi) is 7.22. The van der Waals surface area contributed by atoms with Gasteiger partial charge in [0.2, 0.25) is 5.60 Å². The van der Waals surface area contributed by atoms with Gasteiger partial charge in [-0.3, -0.25) is 4.79 Å². The molecule has 0 spiro atoms. The van der Waals surface area contributed by atoms with Crippen molar-refractivity contribution in [2.45, 2.75) is 32.0 Å². The summed E-state index contributed by atoms with van der Waals surface area (Å²) in [6.07, 6.45) is -3.72. The number of fused-ring (bicyclic) bond motifs is 1. The summed E-state index contributed by atoms with van der Waals surface area (Å²) in [6.45, 7) is 5.28. The normalized spacial score (nSPS) is 17.1. The lowest BCUT2D eigenvalue weighted by atomic mass is 9.92. The molecule has 0 amide bonds. The van der Waals surface area contributed by atoms with Crippen LogP contribution in [0.25, 0.3) is 5.57 Å². The smallest absolute Gasteiger partial charge is 0.433 e. The zero-order valence-corrected chi connectivity index (χ0v) is 20.7. The molecule has 1 aromatic carbocycles. The van der Waals surface area contributed by atoms with Crippen LogP contribution in [0.4, 0.5) is 18.9 Å². The third-order valence-corrected chi connectivity index (χ3v) is 6.50. The van der Waals surface area contributed by atoms with E-state index in [1.807, 2.05) is 10.8 Å². The summed E-state index contributed by atoms with van der Waals surface area (Å²) in [4.78, 5) is 27.3. The highest BCUT2D eigenvalue weighted by molar-refractivity contribution is 6.19. The summed E-state index contributed by atoms with van der Waals surface area (Å²) in [5.41, 5.74) is -2.72. The van der Waals surface area contributed by atoms with Gasteiger partial charge in [0.25, 0.3) is 5.56 Å². The molecule has 1 aromatic heterocycles. The molecule has 1 aliphatic carbocycles. The molecule has 1 fully saturated rings. The maximum atomic E-state index is 14.3. The lowest BCUT2D eigenvalue weighted by molar-refractivity contribution is -0.240. The maximum Gasteiger partial charge on any atom is 0.433 e. The molecule has 0 saturated carbocycles. The molecule has 1 unspecified atom stereocenters. The minimum absolute atomic E-state index is 0.0176. The molecule has 1 aliphatic heterocycles. The van der Waals surface area contributed by atoms with E-state index in [-0.39, 0.29) is 40.9 Å². The third kappa shape index (κ3) is 4.89. The molecule has 2 aromatic rings. The van der Waals surface area contributed by atoms with Crippen molar-refractivity contribution in [1.82, 2.24) is 4.57 Å². The number of aliphatic hydroxyl groups is 1. The molecule has 2 aliphatic rings. The number of esters is 1. The van der Waals surface area contributed by atoms with Crippen LogP contribution in [0.15, 0.2) is 40.8 Å². The van der Waals surface area contributed by atoms with Gasteiger partial charge in [0, 0.05) is 60.7 Å². The van der Waals surface area contributed by atoms with E-state index in [9.17, 15) is 27.9 Å². The second kappa shape index (κ2) is 10.1.